The summed E-state index contributed by atoms with van der Waals surface area (Å²) in [6.07, 6.45) is 5.49. The van der Waals surface area contributed by atoms with E-state index < -0.39 is 0 Å². The van der Waals surface area contributed by atoms with E-state index in [2.05, 4.69) is 22.5 Å². The summed E-state index contributed by atoms with van der Waals surface area (Å²) in [7, 11) is 0. The number of likely N-dealkylation sites (N-methyl/N-ethyl adjacent to an activating group) is 1. The van der Waals surface area contributed by atoms with Gasteiger partial charge in [-0.05, 0) is 57.8 Å². The molecule has 1 amide bonds. The molecule has 2 unspecified atom stereocenters. The number of nitrogens with one attached hydrogen (secondary N) is 2. The minimum absolute atomic E-state index is 0. The smallest absolute Gasteiger partial charge is 0.220 e. The highest BCUT2D eigenvalue weighted by atomic mass is 35.5. The van der Waals surface area contributed by atoms with Crippen molar-refractivity contribution in [1.82, 2.24) is 15.5 Å². The van der Waals surface area contributed by atoms with Gasteiger partial charge in [-0.2, -0.15) is 0 Å². The van der Waals surface area contributed by atoms with Crippen molar-refractivity contribution in [1.29, 1.82) is 0 Å². The Labute approximate surface area is 135 Å². The van der Waals surface area contributed by atoms with Crippen LogP contribution in [0.2, 0.25) is 0 Å². The Morgan fingerprint density at radius 1 is 1.35 bits per heavy atom. The van der Waals surface area contributed by atoms with Crippen molar-refractivity contribution < 1.29 is 4.79 Å². The topological polar surface area (TPSA) is 44.4 Å². The largest absolute Gasteiger partial charge is 0.355 e. The lowest BCUT2D eigenvalue weighted by Gasteiger charge is -2.23. The molecule has 0 bridgehead atoms. The predicted octanol–water partition coefficient (Wildman–Crippen LogP) is 1.82. The summed E-state index contributed by atoms with van der Waals surface area (Å²) in [5.41, 5.74) is 0. The van der Waals surface area contributed by atoms with Gasteiger partial charge in [0.1, 0.15) is 0 Å². The third-order valence-corrected chi connectivity index (χ3v) is 4.38. The van der Waals surface area contributed by atoms with E-state index in [0.29, 0.717) is 12.5 Å². The Morgan fingerprint density at radius 2 is 2.15 bits per heavy atom. The first-order chi connectivity index (χ1) is 8.79. The summed E-state index contributed by atoms with van der Waals surface area (Å²) >= 11 is 0. The molecule has 20 heavy (non-hydrogen) atoms. The second-order valence-corrected chi connectivity index (χ2v) is 5.63. The molecule has 2 rings (SSSR count). The van der Waals surface area contributed by atoms with Gasteiger partial charge in [-0.3, -0.25) is 9.69 Å². The van der Waals surface area contributed by atoms with Crippen LogP contribution in [0.5, 0.6) is 0 Å². The Morgan fingerprint density at radius 3 is 2.80 bits per heavy atom. The van der Waals surface area contributed by atoms with Crippen LogP contribution in [-0.4, -0.2) is 49.6 Å². The normalized spacial score (nSPS) is 25.9. The Kier molecular flexibility index (Phi) is 10.6. The fourth-order valence-electron chi connectivity index (χ4n) is 3.16. The van der Waals surface area contributed by atoms with Crippen LogP contribution in [0.1, 0.15) is 39.0 Å². The number of carbonyl (C=O) groups excluding carboxylic acids is 1. The number of hydrogen-bond acceptors (Lipinski definition) is 3. The maximum atomic E-state index is 11.8. The molecule has 0 aliphatic carbocycles. The third-order valence-electron chi connectivity index (χ3n) is 4.38. The zero-order valence-electron chi connectivity index (χ0n) is 12.4. The van der Waals surface area contributed by atoms with E-state index in [1.165, 1.54) is 25.8 Å². The monoisotopic (exact) mass is 325 g/mol. The molecule has 0 radical (unpaired) electrons. The van der Waals surface area contributed by atoms with E-state index >= 15 is 0 Å². The first-order valence-electron chi connectivity index (χ1n) is 7.51. The fourth-order valence-corrected chi connectivity index (χ4v) is 3.16. The molecule has 0 aromatic carbocycles. The summed E-state index contributed by atoms with van der Waals surface area (Å²) in [4.78, 5) is 14.3. The van der Waals surface area contributed by atoms with Crippen LogP contribution in [-0.2, 0) is 4.79 Å². The van der Waals surface area contributed by atoms with Gasteiger partial charge >= 0.3 is 0 Å². The lowest BCUT2D eigenvalue weighted by molar-refractivity contribution is -0.121. The average Bonchev–Trinajstić information content (AvgIpc) is 3.04. The number of likely N-dealkylation sites (tertiary alicyclic amines) is 1. The Hall–Kier alpha value is -0.0300. The molecule has 2 aliphatic rings. The second-order valence-electron chi connectivity index (χ2n) is 5.63. The summed E-state index contributed by atoms with van der Waals surface area (Å²) in [5, 5.41) is 6.46. The standard InChI is InChI=1S/C14H27N3O.2ClH/c1-2-17-9-3-4-13(17)11-16-14(18)6-5-12-7-8-15-10-12;;/h12-13,15H,2-11H2,1H3,(H,16,18);2*1H. The molecule has 0 aromatic heterocycles. The van der Waals surface area contributed by atoms with Crippen LogP contribution in [0.25, 0.3) is 0 Å². The van der Waals surface area contributed by atoms with Gasteiger partial charge in [-0.25, -0.2) is 0 Å². The zero-order valence-corrected chi connectivity index (χ0v) is 14.0. The lowest BCUT2D eigenvalue weighted by atomic mass is 10.0. The fraction of sp³-hybridized carbons (Fsp3) is 0.929. The minimum atomic E-state index is 0. The molecule has 0 aromatic rings. The third kappa shape index (κ3) is 6.17. The van der Waals surface area contributed by atoms with Gasteiger partial charge in [-0.1, -0.05) is 6.92 Å². The molecule has 120 valence electrons. The van der Waals surface area contributed by atoms with Gasteiger partial charge in [0.15, 0.2) is 0 Å². The molecule has 0 saturated carbocycles. The highest BCUT2D eigenvalue weighted by molar-refractivity contribution is 5.85. The van der Waals surface area contributed by atoms with Gasteiger partial charge in [0, 0.05) is 19.0 Å². The van der Waals surface area contributed by atoms with Crippen molar-refractivity contribution in [3.8, 4) is 0 Å². The molecule has 2 atom stereocenters. The molecule has 2 aliphatic heterocycles. The van der Waals surface area contributed by atoms with Crippen molar-refractivity contribution >= 4 is 30.7 Å². The maximum Gasteiger partial charge on any atom is 0.220 e. The van der Waals surface area contributed by atoms with Crippen LogP contribution >= 0.6 is 24.8 Å². The quantitative estimate of drug-likeness (QED) is 0.783. The van der Waals surface area contributed by atoms with Gasteiger partial charge < -0.3 is 10.6 Å². The second kappa shape index (κ2) is 10.7. The van der Waals surface area contributed by atoms with Crippen molar-refractivity contribution in [3.63, 3.8) is 0 Å². The van der Waals surface area contributed by atoms with Crippen molar-refractivity contribution in [3.05, 3.63) is 0 Å². The van der Waals surface area contributed by atoms with Crippen LogP contribution in [0.3, 0.4) is 0 Å². The van der Waals surface area contributed by atoms with Gasteiger partial charge in [-0.15, -0.1) is 24.8 Å². The number of rotatable bonds is 6. The molecule has 6 heteroatoms. The van der Waals surface area contributed by atoms with Gasteiger partial charge in [0.2, 0.25) is 5.91 Å². The van der Waals surface area contributed by atoms with Gasteiger partial charge in [0.05, 0.1) is 0 Å². The first kappa shape index (κ1) is 20.0. The lowest BCUT2D eigenvalue weighted by Crippen LogP contribution is -2.40. The van der Waals surface area contributed by atoms with E-state index in [4.69, 9.17) is 0 Å². The van der Waals surface area contributed by atoms with E-state index in [-0.39, 0.29) is 30.7 Å². The molecule has 2 N–H and O–H groups in total. The number of carbonyl (C=O) groups is 1. The maximum absolute atomic E-state index is 11.8. The van der Waals surface area contributed by atoms with Crippen LogP contribution in [0, 0.1) is 5.92 Å². The SMILES string of the molecule is CCN1CCCC1CNC(=O)CCC1CCNC1.Cl.Cl. The number of halogens is 2. The summed E-state index contributed by atoms with van der Waals surface area (Å²) in [6.45, 7) is 7.57. The zero-order chi connectivity index (χ0) is 12.8. The molecule has 4 nitrogen and oxygen atoms in total. The van der Waals surface area contributed by atoms with E-state index in [1.54, 1.807) is 0 Å². The number of amides is 1. The molecule has 2 heterocycles. The average molecular weight is 326 g/mol. The summed E-state index contributed by atoms with van der Waals surface area (Å²) < 4.78 is 0. The number of nitrogens with zero attached hydrogens (tertiary/aromatic N) is 1. The van der Waals surface area contributed by atoms with Crippen LogP contribution < -0.4 is 10.6 Å². The molecular formula is C14H29Cl2N3O. The van der Waals surface area contributed by atoms with E-state index in [9.17, 15) is 4.79 Å². The first-order valence-corrected chi connectivity index (χ1v) is 7.51. The summed E-state index contributed by atoms with van der Waals surface area (Å²) in [6, 6.07) is 0.576. The van der Waals surface area contributed by atoms with Crippen molar-refractivity contribution in [2.45, 2.75) is 45.1 Å². The molecule has 2 saturated heterocycles. The molecule has 2 fully saturated rings. The van der Waals surface area contributed by atoms with Crippen molar-refractivity contribution in [2.24, 2.45) is 5.92 Å². The van der Waals surface area contributed by atoms with Crippen LogP contribution in [0.15, 0.2) is 0 Å². The predicted molar refractivity (Wildman–Crippen MR) is 88.0 cm³/mol. The molecule has 0 spiro atoms. The van der Waals surface area contributed by atoms with Gasteiger partial charge in [0.25, 0.3) is 0 Å². The Bertz CT molecular complexity index is 273. The number of hydrogen-bond donors (Lipinski definition) is 2. The van der Waals surface area contributed by atoms with Crippen LogP contribution in [0.4, 0.5) is 0 Å². The highest BCUT2D eigenvalue weighted by Gasteiger charge is 2.23. The molecular weight excluding hydrogens is 297 g/mol. The highest BCUT2D eigenvalue weighted by Crippen LogP contribution is 2.16. The Balaban J connectivity index is 0.00000180. The van der Waals surface area contributed by atoms with E-state index in [0.717, 1.165) is 38.5 Å². The van der Waals surface area contributed by atoms with E-state index in [1.807, 2.05) is 0 Å². The van der Waals surface area contributed by atoms with Crippen molar-refractivity contribution in [2.75, 3.05) is 32.7 Å². The minimum Gasteiger partial charge on any atom is -0.355 e. The summed E-state index contributed by atoms with van der Waals surface area (Å²) in [5.74, 6) is 0.958.